The van der Waals surface area contributed by atoms with Gasteiger partial charge in [0, 0.05) is 25.7 Å². The lowest BCUT2D eigenvalue weighted by Gasteiger charge is -2.26. The van der Waals surface area contributed by atoms with Crippen LogP contribution in [-0.4, -0.2) is 37.6 Å². The molecule has 88 valence electrons. The summed E-state index contributed by atoms with van der Waals surface area (Å²) in [6.45, 7) is 8.63. The lowest BCUT2D eigenvalue weighted by molar-refractivity contribution is 0.248. The van der Waals surface area contributed by atoms with Gasteiger partial charge in [-0.25, -0.2) is 0 Å². The number of likely N-dealkylation sites (N-methyl/N-ethyl adjacent to an activating group) is 1. The van der Waals surface area contributed by atoms with Gasteiger partial charge in [0.1, 0.15) is 0 Å². The molecule has 1 aliphatic heterocycles. The normalized spacial score (nSPS) is 33.6. The summed E-state index contributed by atoms with van der Waals surface area (Å²) in [5.41, 5.74) is 0. The first-order valence-electron chi connectivity index (χ1n) is 6.60. The molecule has 1 N–H and O–H groups in total. The van der Waals surface area contributed by atoms with Crippen molar-refractivity contribution in [2.45, 2.75) is 39.2 Å². The zero-order valence-corrected chi connectivity index (χ0v) is 10.5. The lowest BCUT2D eigenvalue weighted by Crippen LogP contribution is -2.42. The van der Waals surface area contributed by atoms with Gasteiger partial charge in [0.15, 0.2) is 0 Å². The highest BCUT2D eigenvalue weighted by Crippen LogP contribution is 2.37. The summed E-state index contributed by atoms with van der Waals surface area (Å²) in [4.78, 5) is 2.69. The molecule has 2 aliphatic rings. The van der Waals surface area contributed by atoms with Crippen LogP contribution in [0.25, 0.3) is 0 Å². The number of nitrogens with one attached hydrogen (secondary N) is 1. The van der Waals surface area contributed by atoms with E-state index in [1.807, 2.05) is 0 Å². The third-order valence-electron chi connectivity index (χ3n) is 4.43. The largest absolute Gasteiger partial charge is 0.315 e. The van der Waals surface area contributed by atoms with E-state index in [9.17, 15) is 0 Å². The summed E-state index contributed by atoms with van der Waals surface area (Å²) < 4.78 is 0. The van der Waals surface area contributed by atoms with E-state index in [0.29, 0.717) is 6.04 Å². The van der Waals surface area contributed by atoms with Crippen LogP contribution in [0.4, 0.5) is 0 Å². The summed E-state index contributed by atoms with van der Waals surface area (Å²) in [5.74, 6) is 2.82. The molecule has 1 saturated carbocycles. The summed E-state index contributed by atoms with van der Waals surface area (Å²) in [6.07, 6.45) is 4.48. The molecule has 15 heavy (non-hydrogen) atoms. The maximum atomic E-state index is 3.45. The molecule has 0 aromatic heterocycles. The second kappa shape index (κ2) is 4.84. The Labute approximate surface area is 94.4 Å². The molecule has 2 nitrogen and oxygen atoms in total. The highest BCUT2D eigenvalue weighted by Gasteiger charge is 2.36. The van der Waals surface area contributed by atoms with Gasteiger partial charge < -0.3 is 10.2 Å². The third-order valence-corrected chi connectivity index (χ3v) is 4.43. The Kier molecular flexibility index (Phi) is 3.68. The predicted octanol–water partition coefficient (Wildman–Crippen LogP) is 1.96. The summed E-state index contributed by atoms with van der Waals surface area (Å²) in [7, 11) is 2.10. The van der Waals surface area contributed by atoms with Gasteiger partial charge in [-0.05, 0) is 37.6 Å². The zero-order valence-electron chi connectivity index (χ0n) is 10.5. The molecule has 3 unspecified atom stereocenters. The van der Waals surface area contributed by atoms with Gasteiger partial charge >= 0.3 is 0 Å². The van der Waals surface area contributed by atoms with Gasteiger partial charge in [-0.2, -0.15) is 0 Å². The van der Waals surface area contributed by atoms with Crippen LogP contribution in [-0.2, 0) is 0 Å². The number of likely N-dealkylation sites (tertiary alicyclic amines) is 1. The minimum absolute atomic E-state index is 0.670. The van der Waals surface area contributed by atoms with Crippen LogP contribution in [0.5, 0.6) is 0 Å². The van der Waals surface area contributed by atoms with Gasteiger partial charge in [0.05, 0.1) is 0 Å². The summed E-state index contributed by atoms with van der Waals surface area (Å²) >= 11 is 0. The SMILES string of the molecule is CNC(CN1CC2CCCC2C1)C(C)C. The quantitative estimate of drug-likeness (QED) is 0.763. The third kappa shape index (κ3) is 2.54. The average molecular weight is 210 g/mol. The first kappa shape index (κ1) is 11.4. The second-order valence-corrected chi connectivity index (χ2v) is 5.81. The molecule has 0 aromatic carbocycles. The van der Waals surface area contributed by atoms with Crippen LogP contribution in [0.3, 0.4) is 0 Å². The monoisotopic (exact) mass is 210 g/mol. The average Bonchev–Trinajstić information content (AvgIpc) is 2.72. The Morgan fingerprint density at radius 2 is 1.80 bits per heavy atom. The molecule has 0 radical (unpaired) electrons. The van der Waals surface area contributed by atoms with Crippen molar-refractivity contribution in [3.8, 4) is 0 Å². The number of hydrogen-bond donors (Lipinski definition) is 1. The van der Waals surface area contributed by atoms with Gasteiger partial charge in [0.2, 0.25) is 0 Å². The molecule has 2 rings (SSSR count). The van der Waals surface area contributed by atoms with Crippen LogP contribution in [0.1, 0.15) is 33.1 Å². The van der Waals surface area contributed by atoms with Gasteiger partial charge in [0.25, 0.3) is 0 Å². The Balaban J connectivity index is 1.81. The molecule has 0 amide bonds. The summed E-state index contributed by atoms with van der Waals surface area (Å²) in [5, 5.41) is 3.45. The van der Waals surface area contributed by atoms with Crippen LogP contribution >= 0.6 is 0 Å². The van der Waals surface area contributed by atoms with Crippen LogP contribution in [0.15, 0.2) is 0 Å². The highest BCUT2D eigenvalue weighted by atomic mass is 15.2. The van der Waals surface area contributed by atoms with Gasteiger partial charge in [-0.1, -0.05) is 20.3 Å². The fourth-order valence-corrected chi connectivity index (χ4v) is 3.39. The zero-order chi connectivity index (χ0) is 10.8. The lowest BCUT2D eigenvalue weighted by atomic mass is 10.0. The topological polar surface area (TPSA) is 15.3 Å². The first-order chi connectivity index (χ1) is 7.20. The Hall–Kier alpha value is -0.0800. The fourth-order valence-electron chi connectivity index (χ4n) is 3.39. The Morgan fingerprint density at radius 3 is 2.27 bits per heavy atom. The van der Waals surface area contributed by atoms with Crippen molar-refractivity contribution in [3.05, 3.63) is 0 Å². The molecule has 2 heteroatoms. The van der Waals surface area contributed by atoms with Crippen LogP contribution in [0, 0.1) is 17.8 Å². The van der Waals surface area contributed by atoms with E-state index in [2.05, 4.69) is 31.1 Å². The van der Waals surface area contributed by atoms with E-state index in [0.717, 1.165) is 17.8 Å². The molecule has 0 spiro atoms. The van der Waals surface area contributed by atoms with Crippen molar-refractivity contribution >= 4 is 0 Å². The van der Waals surface area contributed by atoms with Crippen molar-refractivity contribution in [1.82, 2.24) is 10.2 Å². The van der Waals surface area contributed by atoms with E-state index in [1.54, 1.807) is 0 Å². The standard InChI is InChI=1S/C13H26N2/c1-10(2)13(14-3)9-15-7-11-5-4-6-12(11)8-15/h10-14H,4-9H2,1-3H3. The second-order valence-electron chi connectivity index (χ2n) is 5.81. The maximum Gasteiger partial charge on any atom is 0.0214 e. The highest BCUT2D eigenvalue weighted by molar-refractivity contribution is 4.90. The number of rotatable bonds is 4. The smallest absolute Gasteiger partial charge is 0.0214 e. The number of nitrogens with zero attached hydrogens (tertiary/aromatic N) is 1. The Morgan fingerprint density at radius 1 is 1.20 bits per heavy atom. The minimum atomic E-state index is 0.670. The maximum absolute atomic E-state index is 3.45. The van der Waals surface area contributed by atoms with Gasteiger partial charge in [-0.15, -0.1) is 0 Å². The summed E-state index contributed by atoms with van der Waals surface area (Å²) in [6, 6.07) is 0.670. The molecule has 0 aromatic rings. The van der Waals surface area contributed by atoms with Crippen molar-refractivity contribution in [2.24, 2.45) is 17.8 Å². The molecule has 0 bridgehead atoms. The fraction of sp³-hybridized carbons (Fsp3) is 1.00. The van der Waals surface area contributed by atoms with E-state index in [4.69, 9.17) is 0 Å². The molecule has 1 heterocycles. The molecular formula is C13H26N2. The van der Waals surface area contributed by atoms with Crippen molar-refractivity contribution < 1.29 is 0 Å². The predicted molar refractivity (Wildman–Crippen MR) is 65.0 cm³/mol. The van der Waals surface area contributed by atoms with E-state index in [-0.39, 0.29) is 0 Å². The molecule has 1 saturated heterocycles. The van der Waals surface area contributed by atoms with Crippen molar-refractivity contribution in [1.29, 1.82) is 0 Å². The molecule has 2 fully saturated rings. The Bertz CT molecular complexity index is 191. The van der Waals surface area contributed by atoms with Crippen LogP contribution in [0.2, 0.25) is 0 Å². The minimum Gasteiger partial charge on any atom is -0.315 e. The van der Waals surface area contributed by atoms with Crippen LogP contribution < -0.4 is 5.32 Å². The molecular weight excluding hydrogens is 184 g/mol. The van der Waals surface area contributed by atoms with Gasteiger partial charge in [-0.3, -0.25) is 0 Å². The van der Waals surface area contributed by atoms with E-state index in [1.165, 1.54) is 38.9 Å². The number of hydrogen-bond acceptors (Lipinski definition) is 2. The van der Waals surface area contributed by atoms with E-state index < -0.39 is 0 Å². The number of fused-ring (bicyclic) bond motifs is 1. The van der Waals surface area contributed by atoms with Crippen molar-refractivity contribution in [2.75, 3.05) is 26.7 Å². The molecule has 1 aliphatic carbocycles. The molecule has 3 atom stereocenters. The first-order valence-corrected chi connectivity index (χ1v) is 6.60. The van der Waals surface area contributed by atoms with E-state index >= 15 is 0 Å². The van der Waals surface area contributed by atoms with Crippen molar-refractivity contribution in [3.63, 3.8) is 0 Å².